The fraction of sp³-hybridized carbons (Fsp3) is 0.667. The van der Waals surface area contributed by atoms with Gasteiger partial charge in [0.15, 0.2) is 0 Å². The Morgan fingerprint density at radius 1 is 1.19 bits per heavy atom. The monoisotopic (exact) mass is 413 g/mol. The SMILES string of the molecule is CC(C)(C)OC(=O)N1CC[C@H]([C@]2(c3ccc(Cl)c(Cl)c3)CC[C@@H](O)CC2)C1. The Kier molecular flexibility index (Phi) is 6.00. The van der Waals surface area contributed by atoms with Gasteiger partial charge in [-0.3, -0.25) is 0 Å². The molecule has 1 amide bonds. The molecule has 1 saturated heterocycles. The summed E-state index contributed by atoms with van der Waals surface area (Å²) >= 11 is 12.4. The third-order valence-electron chi connectivity index (χ3n) is 5.96. The fourth-order valence-electron chi connectivity index (χ4n) is 4.56. The molecule has 0 bridgehead atoms. The van der Waals surface area contributed by atoms with E-state index in [0.717, 1.165) is 32.1 Å². The number of carbonyl (C=O) groups excluding carboxylic acids is 1. The van der Waals surface area contributed by atoms with Gasteiger partial charge in [-0.1, -0.05) is 29.3 Å². The Morgan fingerprint density at radius 2 is 1.85 bits per heavy atom. The number of likely N-dealkylation sites (tertiary alicyclic amines) is 1. The summed E-state index contributed by atoms with van der Waals surface area (Å²) < 4.78 is 5.56. The van der Waals surface area contributed by atoms with Crippen molar-refractivity contribution >= 4 is 29.3 Å². The maximum Gasteiger partial charge on any atom is 0.410 e. The van der Waals surface area contributed by atoms with Gasteiger partial charge in [-0.05, 0) is 76.5 Å². The van der Waals surface area contributed by atoms with Gasteiger partial charge in [0.25, 0.3) is 0 Å². The maximum absolute atomic E-state index is 12.5. The van der Waals surface area contributed by atoms with E-state index in [0.29, 0.717) is 29.1 Å². The van der Waals surface area contributed by atoms with Crippen molar-refractivity contribution in [1.29, 1.82) is 0 Å². The van der Waals surface area contributed by atoms with Gasteiger partial charge >= 0.3 is 6.09 Å². The first-order chi connectivity index (χ1) is 12.6. The first-order valence-electron chi connectivity index (χ1n) is 9.72. The average Bonchev–Trinajstić information content (AvgIpc) is 3.08. The van der Waals surface area contributed by atoms with Crippen LogP contribution in [0.5, 0.6) is 0 Å². The van der Waals surface area contributed by atoms with Crippen LogP contribution >= 0.6 is 23.2 Å². The molecule has 1 aromatic carbocycles. The number of aliphatic hydroxyl groups excluding tert-OH is 1. The standard InChI is InChI=1S/C21H29Cl2NO3/c1-20(2,3)27-19(26)24-11-8-15(13-24)21(9-6-16(25)7-10-21)14-4-5-17(22)18(23)12-14/h4-5,12,15-16,25H,6-11,13H2,1-3H3/t15-,16-,21-/m0/s1. The van der Waals surface area contributed by atoms with Crippen molar-refractivity contribution in [3.8, 4) is 0 Å². The van der Waals surface area contributed by atoms with E-state index >= 15 is 0 Å². The van der Waals surface area contributed by atoms with Crippen LogP contribution in [0.25, 0.3) is 0 Å². The number of benzene rings is 1. The number of halogens is 2. The summed E-state index contributed by atoms with van der Waals surface area (Å²) in [6, 6.07) is 5.88. The van der Waals surface area contributed by atoms with E-state index in [9.17, 15) is 9.90 Å². The molecule has 1 N–H and O–H groups in total. The van der Waals surface area contributed by atoms with Gasteiger partial charge in [0.2, 0.25) is 0 Å². The van der Waals surface area contributed by atoms with Crippen molar-refractivity contribution in [2.75, 3.05) is 13.1 Å². The van der Waals surface area contributed by atoms with E-state index in [2.05, 4.69) is 6.07 Å². The molecule has 2 aliphatic rings. The lowest BCUT2D eigenvalue weighted by molar-refractivity contribution is 0.0263. The molecule has 1 aliphatic carbocycles. The molecule has 4 nitrogen and oxygen atoms in total. The molecule has 1 saturated carbocycles. The van der Waals surface area contributed by atoms with Gasteiger partial charge in [-0.15, -0.1) is 0 Å². The summed E-state index contributed by atoms with van der Waals surface area (Å²) in [6.07, 6.45) is 3.74. The molecule has 1 heterocycles. The minimum Gasteiger partial charge on any atom is -0.444 e. The molecule has 1 aliphatic heterocycles. The maximum atomic E-state index is 12.5. The number of ether oxygens (including phenoxy) is 1. The van der Waals surface area contributed by atoms with E-state index in [4.69, 9.17) is 27.9 Å². The Balaban J connectivity index is 1.84. The van der Waals surface area contributed by atoms with Crippen molar-refractivity contribution in [1.82, 2.24) is 4.90 Å². The van der Waals surface area contributed by atoms with Gasteiger partial charge in [0, 0.05) is 18.5 Å². The van der Waals surface area contributed by atoms with Gasteiger partial charge in [0.1, 0.15) is 5.60 Å². The highest BCUT2D eigenvalue weighted by Crippen LogP contribution is 2.49. The molecule has 1 atom stereocenters. The summed E-state index contributed by atoms with van der Waals surface area (Å²) in [5, 5.41) is 11.2. The van der Waals surface area contributed by atoms with Crippen LogP contribution in [0.15, 0.2) is 18.2 Å². The van der Waals surface area contributed by atoms with Gasteiger partial charge in [0.05, 0.1) is 16.1 Å². The number of hydrogen-bond acceptors (Lipinski definition) is 3. The lowest BCUT2D eigenvalue weighted by atomic mass is 9.61. The van der Waals surface area contributed by atoms with Crippen LogP contribution in [0.1, 0.15) is 58.4 Å². The summed E-state index contributed by atoms with van der Waals surface area (Å²) in [5.74, 6) is 0.315. The zero-order chi connectivity index (χ0) is 19.8. The smallest absolute Gasteiger partial charge is 0.410 e. The van der Waals surface area contributed by atoms with Crippen molar-refractivity contribution in [2.45, 2.75) is 70.0 Å². The zero-order valence-electron chi connectivity index (χ0n) is 16.3. The van der Waals surface area contributed by atoms with Crippen LogP contribution in [0.2, 0.25) is 10.0 Å². The number of hydrogen-bond donors (Lipinski definition) is 1. The molecule has 0 spiro atoms. The largest absolute Gasteiger partial charge is 0.444 e. The predicted molar refractivity (Wildman–Crippen MR) is 109 cm³/mol. The Bertz CT molecular complexity index is 693. The zero-order valence-corrected chi connectivity index (χ0v) is 17.8. The number of carbonyl (C=O) groups is 1. The molecular weight excluding hydrogens is 385 g/mol. The van der Waals surface area contributed by atoms with Crippen molar-refractivity contribution in [3.63, 3.8) is 0 Å². The molecule has 1 aromatic rings. The van der Waals surface area contributed by atoms with Gasteiger partial charge in [-0.2, -0.15) is 0 Å². The van der Waals surface area contributed by atoms with Crippen LogP contribution in [0.3, 0.4) is 0 Å². The minimum atomic E-state index is -0.495. The number of nitrogens with zero attached hydrogens (tertiary/aromatic N) is 1. The van der Waals surface area contributed by atoms with Crippen LogP contribution in [0.4, 0.5) is 4.79 Å². The molecule has 0 aromatic heterocycles. The normalized spacial score (nSPS) is 29.0. The topological polar surface area (TPSA) is 49.8 Å². The number of rotatable bonds is 2. The third kappa shape index (κ3) is 4.55. The molecular formula is C21H29Cl2NO3. The van der Waals surface area contributed by atoms with E-state index < -0.39 is 5.60 Å². The van der Waals surface area contributed by atoms with Crippen LogP contribution in [-0.4, -0.2) is 40.9 Å². The first kappa shape index (κ1) is 20.8. The summed E-state index contributed by atoms with van der Waals surface area (Å²) in [7, 11) is 0. The van der Waals surface area contributed by atoms with Crippen LogP contribution in [-0.2, 0) is 10.2 Å². The second-order valence-corrected chi connectivity index (χ2v) is 9.74. The molecule has 0 unspecified atom stereocenters. The Morgan fingerprint density at radius 3 is 2.44 bits per heavy atom. The van der Waals surface area contributed by atoms with E-state index in [1.807, 2.05) is 37.8 Å². The Hall–Kier alpha value is -0.970. The summed E-state index contributed by atoms with van der Waals surface area (Å²) in [5.41, 5.74) is 0.579. The van der Waals surface area contributed by atoms with Crippen LogP contribution < -0.4 is 0 Å². The number of aliphatic hydroxyl groups is 1. The lowest BCUT2D eigenvalue weighted by Crippen LogP contribution is -2.42. The third-order valence-corrected chi connectivity index (χ3v) is 6.70. The lowest BCUT2D eigenvalue weighted by Gasteiger charge is -2.44. The van der Waals surface area contributed by atoms with E-state index in [1.54, 1.807) is 0 Å². The molecule has 6 heteroatoms. The van der Waals surface area contributed by atoms with Crippen molar-refractivity contribution in [3.05, 3.63) is 33.8 Å². The molecule has 150 valence electrons. The van der Waals surface area contributed by atoms with Gasteiger partial charge in [-0.25, -0.2) is 4.79 Å². The van der Waals surface area contributed by atoms with Crippen molar-refractivity contribution < 1.29 is 14.6 Å². The fourth-order valence-corrected chi connectivity index (χ4v) is 4.86. The van der Waals surface area contributed by atoms with Crippen molar-refractivity contribution in [2.24, 2.45) is 5.92 Å². The number of amides is 1. The van der Waals surface area contributed by atoms with E-state index in [1.165, 1.54) is 5.56 Å². The highest BCUT2D eigenvalue weighted by atomic mass is 35.5. The van der Waals surface area contributed by atoms with Crippen LogP contribution in [0, 0.1) is 5.92 Å². The average molecular weight is 414 g/mol. The Labute approximate surface area is 171 Å². The summed E-state index contributed by atoms with van der Waals surface area (Å²) in [4.78, 5) is 14.3. The second-order valence-electron chi connectivity index (χ2n) is 8.93. The van der Waals surface area contributed by atoms with E-state index in [-0.39, 0.29) is 17.6 Å². The second kappa shape index (κ2) is 7.81. The molecule has 0 radical (unpaired) electrons. The quantitative estimate of drug-likeness (QED) is 0.703. The highest BCUT2D eigenvalue weighted by Gasteiger charge is 2.46. The van der Waals surface area contributed by atoms with Gasteiger partial charge < -0.3 is 14.7 Å². The predicted octanol–water partition coefficient (Wildman–Crippen LogP) is 5.42. The molecule has 2 fully saturated rings. The first-order valence-corrected chi connectivity index (χ1v) is 10.5. The summed E-state index contributed by atoms with van der Waals surface area (Å²) in [6.45, 7) is 7.03. The highest BCUT2D eigenvalue weighted by molar-refractivity contribution is 6.42. The minimum absolute atomic E-state index is 0.0930. The molecule has 27 heavy (non-hydrogen) atoms. The molecule has 3 rings (SSSR count).